The van der Waals surface area contributed by atoms with E-state index in [4.69, 9.17) is 4.74 Å². The summed E-state index contributed by atoms with van der Waals surface area (Å²) >= 11 is 0. The van der Waals surface area contributed by atoms with Crippen LogP contribution in [-0.4, -0.2) is 67.7 Å². The molecule has 0 aliphatic carbocycles. The van der Waals surface area contributed by atoms with Crippen molar-refractivity contribution in [3.05, 3.63) is 27.4 Å². The van der Waals surface area contributed by atoms with Crippen LogP contribution in [0, 0.1) is 19.8 Å². The summed E-state index contributed by atoms with van der Waals surface area (Å²) < 4.78 is 30.6. The molecule has 1 aromatic heterocycles. The molecule has 0 saturated carbocycles. The molecule has 1 aromatic rings. The lowest BCUT2D eigenvalue weighted by atomic mass is 10.1. The fraction of sp³-hybridized carbons (Fsp3) is 0.667. The van der Waals surface area contributed by atoms with Gasteiger partial charge >= 0.3 is 0 Å². The smallest absolute Gasteiger partial charge is 0.254 e. The van der Waals surface area contributed by atoms with Crippen LogP contribution < -0.4 is 10.9 Å². The lowest BCUT2D eigenvalue weighted by molar-refractivity contribution is -0.121. The van der Waals surface area contributed by atoms with Gasteiger partial charge in [-0.3, -0.25) is 9.59 Å². The van der Waals surface area contributed by atoms with Gasteiger partial charge in [-0.15, -0.1) is 0 Å². The van der Waals surface area contributed by atoms with E-state index in [1.165, 1.54) is 14.1 Å². The normalized spacial score (nSPS) is 20.8. The van der Waals surface area contributed by atoms with Crippen molar-refractivity contribution >= 4 is 15.9 Å². The summed E-state index contributed by atoms with van der Waals surface area (Å²) in [6, 6.07) is -0.403. The van der Waals surface area contributed by atoms with E-state index in [0.717, 1.165) is 4.31 Å². The molecule has 1 saturated heterocycles. The second-order valence-corrected chi connectivity index (χ2v) is 8.65. The van der Waals surface area contributed by atoms with Crippen LogP contribution in [0.4, 0.5) is 0 Å². The summed E-state index contributed by atoms with van der Waals surface area (Å²) in [6.07, 6.45) is -0.113. The molecule has 2 atom stereocenters. The summed E-state index contributed by atoms with van der Waals surface area (Å²) in [5.41, 5.74) is 0.472. The van der Waals surface area contributed by atoms with Crippen LogP contribution in [0.3, 0.4) is 0 Å². The number of sulfonamides is 1. The van der Waals surface area contributed by atoms with Crippen molar-refractivity contribution in [2.45, 2.75) is 26.3 Å². The van der Waals surface area contributed by atoms with Crippen molar-refractivity contribution in [3.8, 4) is 0 Å². The van der Waals surface area contributed by atoms with Gasteiger partial charge in [0.15, 0.2) is 0 Å². The number of H-pyrrole nitrogens is 1. The monoisotopic (exact) mass is 372 g/mol. The van der Waals surface area contributed by atoms with E-state index < -0.39 is 16.1 Å². The largest absolute Gasteiger partial charge is 0.379 e. The minimum absolute atomic E-state index is 0.101. The molecule has 1 aliphatic heterocycles. The molecular weight excluding hydrogens is 348 g/mol. The van der Waals surface area contributed by atoms with Gasteiger partial charge in [0.25, 0.3) is 5.56 Å². The van der Waals surface area contributed by atoms with Gasteiger partial charge in [0.05, 0.1) is 31.4 Å². The average Bonchev–Trinajstić information content (AvgIpc) is 2.89. The summed E-state index contributed by atoms with van der Waals surface area (Å²) in [7, 11) is -0.450. The Balaban J connectivity index is 2.04. The molecule has 0 aromatic carbocycles. The van der Waals surface area contributed by atoms with Crippen LogP contribution in [0.15, 0.2) is 4.79 Å². The molecule has 1 fully saturated rings. The minimum atomic E-state index is -3.39. The highest BCUT2D eigenvalue weighted by Crippen LogP contribution is 2.17. The third-order valence-electron chi connectivity index (χ3n) is 4.20. The minimum Gasteiger partial charge on any atom is -0.379 e. The number of aromatic amines is 1. The van der Waals surface area contributed by atoms with Gasteiger partial charge in [-0.2, -0.15) is 0 Å². The summed E-state index contributed by atoms with van der Waals surface area (Å²) in [6.45, 7) is 3.87. The number of carbonyl (C=O) groups is 1. The van der Waals surface area contributed by atoms with Crippen LogP contribution in [0.1, 0.15) is 17.1 Å². The predicted molar refractivity (Wildman–Crippen MR) is 91.7 cm³/mol. The number of aromatic nitrogens is 2. The second-order valence-electron chi connectivity index (χ2n) is 6.42. The zero-order valence-corrected chi connectivity index (χ0v) is 15.6. The lowest BCUT2D eigenvalue weighted by Crippen LogP contribution is -2.44. The molecule has 0 bridgehead atoms. The maximum Gasteiger partial charge on any atom is 0.254 e. The van der Waals surface area contributed by atoms with Crippen molar-refractivity contribution < 1.29 is 17.9 Å². The Morgan fingerprint density at radius 2 is 2.04 bits per heavy atom. The van der Waals surface area contributed by atoms with E-state index >= 15 is 0 Å². The predicted octanol–water partition coefficient (Wildman–Crippen LogP) is -1.05. The maximum atomic E-state index is 12.3. The molecule has 2 N–H and O–H groups in total. The number of carbonyl (C=O) groups excluding carboxylic acids is 1. The van der Waals surface area contributed by atoms with E-state index in [2.05, 4.69) is 15.3 Å². The van der Waals surface area contributed by atoms with Gasteiger partial charge in [-0.1, -0.05) is 0 Å². The molecule has 0 spiro atoms. The summed E-state index contributed by atoms with van der Waals surface area (Å²) in [5.74, 6) is -0.296. The molecule has 9 nitrogen and oxygen atoms in total. The maximum absolute atomic E-state index is 12.3. The second kappa shape index (κ2) is 7.63. The molecule has 0 radical (unpaired) electrons. The zero-order valence-electron chi connectivity index (χ0n) is 14.8. The molecule has 25 heavy (non-hydrogen) atoms. The fourth-order valence-electron chi connectivity index (χ4n) is 2.72. The number of hydrogen-bond donors (Lipinski definition) is 2. The number of nitrogens with zero attached hydrogens (tertiary/aromatic N) is 2. The first-order valence-corrected chi connectivity index (χ1v) is 9.54. The van der Waals surface area contributed by atoms with Gasteiger partial charge < -0.3 is 15.0 Å². The highest BCUT2D eigenvalue weighted by Gasteiger charge is 2.34. The van der Waals surface area contributed by atoms with E-state index in [1.54, 1.807) is 13.8 Å². The summed E-state index contributed by atoms with van der Waals surface area (Å²) in [4.78, 5) is 31.0. The van der Waals surface area contributed by atoms with Crippen molar-refractivity contribution in [2.24, 2.45) is 5.92 Å². The van der Waals surface area contributed by atoms with Gasteiger partial charge in [0.2, 0.25) is 15.9 Å². The molecule has 2 heterocycles. The quantitative estimate of drug-likeness (QED) is 0.657. The number of aryl methyl sites for hydroxylation is 2. The fourth-order valence-corrected chi connectivity index (χ4v) is 3.89. The number of ether oxygens (including phenoxy) is 1. The van der Waals surface area contributed by atoms with Crippen LogP contribution in [0.5, 0.6) is 0 Å². The van der Waals surface area contributed by atoms with Crippen LogP contribution in [0.25, 0.3) is 0 Å². The van der Waals surface area contributed by atoms with E-state index in [-0.39, 0.29) is 42.8 Å². The Labute approximate surface area is 146 Å². The average molecular weight is 372 g/mol. The molecule has 0 unspecified atom stereocenters. The number of amides is 1. The molecule has 1 amide bonds. The Kier molecular flexibility index (Phi) is 5.96. The summed E-state index contributed by atoms with van der Waals surface area (Å²) in [5, 5.41) is 2.78. The lowest BCUT2D eigenvalue weighted by Gasteiger charge is -2.21. The van der Waals surface area contributed by atoms with Crippen LogP contribution >= 0.6 is 0 Å². The van der Waals surface area contributed by atoms with Crippen molar-refractivity contribution in [2.75, 3.05) is 33.1 Å². The van der Waals surface area contributed by atoms with Crippen molar-refractivity contribution in [1.82, 2.24) is 19.6 Å². The van der Waals surface area contributed by atoms with Gasteiger partial charge in [0.1, 0.15) is 5.82 Å². The third kappa shape index (κ3) is 4.86. The van der Waals surface area contributed by atoms with Crippen LogP contribution in [-0.2, 0) is 26.0 Å². The van der Waals surface area contributed by atoms with E-state index in [9.17, 15) is 18.0 Å². The number of nitrogens with one attached hydrogen (secondary N) is 2. The molecule has 1 aliphatic rings. The highest BCUT2D eigenvalue weighted by molar-refractivity contribution is 7.89. The molecule has 2 rings (SSSR count). The zero-order chi connectivity index (χ0) is 18.8. The van der Waals surface area contributed by atoms with Gasteiger partial charge in [-0.05, 0) is 13.8 Å². The molecule has 140 valence electrons. The van der Waals surface area contributed by atoms with Crippen LogP contribution in [0.2, 0.25) is 0 Å². The highest BCUT2D eigenvalue weighted by atomic mass is 32.2. The number of hydrogen-bond acceptors (Lipinski definition) is 6. The van der Waals surface area contributed by atoms with Crippen molar-refractivity contribution in [3.63, 3.8) is 0 Å². The van der Waals surface area contributed by atoms with E-state index in [0.29, 0.717) is 17.1 Å². The Hall–Kier alpha value is -1.78. The first kappa shape index (κ1) is 19.5. The first-order valence-electron chi connectivity index (χ1n) is 7.94. The standard InChI is InChI=1S/C15H24N4O5S/c1-9-12(15(21)17-10(2)16-9)5-14(20)18-13-7-24-6-11(13)8-25(22,23)19(3)4/h11,13H,5-8H2,1-4H3,(H,18,20)(H,16,17,21)/t11-,13-/m0/s1. The number of rotatable bonds is 6. The topological polar surface area (TPSA) is 121 Å². The molecular formula is C15H24N4O5S. The third-order valence-corrected chi connectivity index (χ3v) is 6.17. The first-order chi connectivity index (χ1) is 11.6. The Bertz CT molecular complexity index is 803. The van der Waals surface area contributed by atoms with Crippen molar-refractivity contribution in [1.29, 1.82) is 0 Å². The Morgan fingerprint density at radius 1 is 1.36 bits per heavy atom. The SMILES string of the molecule is Cc1nc(C)c(CC(=O)N[C@H]2COC[C@H]2CS(=O)(=O)N(C)C)c(=O)[nH]1. The Morgan fingerprint density at radius 3 is 2.64 bits per heavy atom. The van der Waals surface area contributed by atoms with E-state index in [1.807, 2.05) is 0 Å². The van der Waals surface area contributed by atoms with Gasteiger partial charge in [0, 0.05) is 31.3 Å². The van der Waals surface area contributed by atoms with Gasteiger partial charge in [-0.25, -0.2) is 17.7 Å². The molecule has 10 heteroatoms.